The maximum Gasteiger partial charge on any atom is 0.306 e. The third-order valence-electron chi connectivity index (χ3n) is 5.47. The van der Waals surface area contributed by atoms with Gasteiger partial charge in [0.1, 0.15) is 6.10 Å². The summed E-state index contributed by atoms with van der Waals surface area (Å²) in [4.78, 5) is 22.8. The third-order valence-corrected chi connectivity index (χ3v) is 5.47. The first-order valence-corrected chi connectivity index (χ1v) is 12.7. The van der Waals surface area contributed by atoms with Gasteiger partial charge in [-0.1, -0.05) is 97.0 Å². The van der Waals surface area contributed by atoms with Crippen molar-refractivity contribution in [3.05, 3.63) is 12.2 Å². The summed E-state index contributed by atoms with van der Waals surface area (Å²) in [5.74, 6) is -0.800. The van der Waals surface area contributed by atoms with E-state index in [0.29, 0.717) is 6.42 Å². The lowest BCUT2D eigenvalue weighted by Gasteiger charge is -2.15. The Morgan fingerprint density at radius 3 is 1.87 bits per heavy atom. The SMILES string of the molecule is CCCC/C=C\C(CCCCCCC(=O)O)OC(=O)CCCCCCCCCCC. The van der Waals surface area contributed by atoms with Gasteiger partial charge in [0.05, 0.1) is 0 Å². The zero-order valence-corrected chi connectivity index (χ0v) is 19.8. The van der Waals surface area contributed by atoms with Crippen LogP contribution in [-0.2, 0) is 14.3 Å². The minimum absolute atomic E-state index is 0.0750. The van der Waals surface area contributed by atoms with Gasteiger partial charge in [0.15, 0.2) is 0 Å². The molecule has 0 aliphatic rings. The van der Waals surface area contributed by atoms with Crippen LogP contribution in [0.5, 0.6) is 0 Å². The molecule has 4 nitrogen and oxygen atoms in total. The maximum absolute atomic E-state index is 12.2. The normalized spacial score (nSPS) is 12.3. The Hall–Kier alpha value is -1.32. The molecule has 4 heteroatoms. The summed E-state index contributed by atoms with van der Waals surface area (Å²) in [5, 5.41) is 8.69. The summed E-state index contributed by atoms with van der Waals surface area (Å²) < 4.78 is 5.73. The van der Waals surface area contributed by atoms with E-state index in [-0.39, 0.29) is 18.5 Å². The lowest BCUT2D eigenvalue weighted by Crippen LogP contribution is -2.16. The fraction of sp³-hybridized carbons (Fsp3) is 0.846. The van der Waals surface area contributed by atoms with Crippen molar-refractivity contribution in [2.24, 2.45) is 0 Å². The van der Waals surface area contributed by atoms with Gasteiger partial charge in [-0.2, -0.15) is 0 Å². The highest BCUT2D eigenvalue weighted by atomic mass is 16.5. The first kappa shape index (κ1) is 28.7. The monoisotopic (exact) mass is 424 g/mol. The Labute approximate surface area is 185 Å². The first-order valence-electron chi connectivity index (χ1n) is 12.7. The molecule has 0 fully saturated rings. The lowest BCUT2D eigenvalue weighted by atomic mass is 10.1. The Morgan fingerprint density at radius 2 is 1.27 bits per heavy atom. The minimum atomic E-state index is -0.725. The molecule has 0 aromatic rings. The van der Waals surface area contributed by atoms with Gasteiger partial charge in [0, 0.05) is 12.8 Å². The number of hydrogen-bond acceptors (Lipinski definition) is 3. The lowest BCUT2D eigenvalue weighted by molar-refractivity contribution is -0.147. The van der Waals surface area contributed by atoms with E-state index in [1.54, 1.807) is 0 Å². The molecule has 0 aliphatic heterocycles. The molecule has 1 unspecified atom stereocenters. The van der Waals surface area contributed by atoms with Crippen LogP contribution in [0.2, 0.25) is 0 Å². The third kappa shape index (κ3) is 21.4. The molecule has 0 bridgehead atoms. The van der Waals surface area contributed by atoms with Gasteiger partial charge < -0.3 is 9.84 Å². The van der Waals surface area contributed by atoms with Crippen LogP contribution in [0.1, 0.15) is 136 Å². The van der Waals surface area contributed by atoms with E-state index in [0.717, 1.165) is 64.2 Å². The summed E-state index contributed by atoms with van der Waals surface area (Å²) >= 11 is 0. The van der Waals surface area contributed by atoms with Crippen molar-refractivity contribution in [1.29, 1.82) is 0 Å². The van der Waals surface area contributed by atoms with E-state index in [9.17, 15) is 9.59 Å². The molecule has 0 saturated carbocycles. The number of carbonyl (C=O) groups is 2. The number of carboxylic acid groups (broad SMARTS) is 1. The van der Waals surface area contributed by atoms with Crippen molar-refractivity contribution in [2.45, 2.75) is 142 Å². The zero-order valence-electron chi connectivity index (χ0n) is 19.8. The molecule has 1 atom stereocenters. The highest BCUT2D eigenvalue weighted by Crippen LogP contribution is 2.14. The van der Waals surface area contributed by atoms with Crippen LogP contribution in [0.4, 0.5) is 0 Å². The summed E-state index contributed by atoms with van der Waals surface area (Å²) in [5.41, 5.74) is 0. The Morgan fingerprint density at radius 1 is 0.733 bits per heavy atom. The predicted molar refractivity (Wildman–Crippen MR) is 126 cm³/mol. The number of allylic oxidation sites excluding steroid dienone is 1. The standard InChI is InChI=1S/C26H48O4/c1-3-5-7-9-10-11-12-13-19-23-26(29)30-24(20-16-8-6-4-2)21-17-14-15-18-22-25(27)28/h16,20,24H,3-15,17-19,21-23H2,1-2H3,(H,27,28)/b20-16-. The number of carbonyl (C=O) groups excluding carboxylic acids is 1. The highest BCUT2D eigenvalue weighted by Gasteiger charge is 2.11. The van der Waals surface area contributed by atoms with Crippen LogP contribution in [0.25, 0.3) is 0 Å². The Bertz CT molecular complexity index is 431. The van der Waals surface area contributed by atoms with Gasteiger partial charge >= 0.3 is 11.9 Å². The van der Waals surface area contributed by atoms with Crippen molar-refractivity contribution >= 4 is 11.9 Å². The van der Waals surface area contributed by atoms with Crippen LogP contribution in [0, 0.1) is 0 Å². The van der Waals surface area contributed by atoms with Crippen LogP contribution < -0.4 is 0 Å². The molecule has 1 N–H and O–H groups in total. The van der Waals surface area contributed by atoms with Crippen molar-refractivity contribution in [1.82, 2.24) is 0 Å². The number of aliphatic carboxylic acids is 1. The average molecular weight is 425 g/mol. The maximum atomic E-state index is 12.2. The van der Waals surface area contributed by atoms with E-state index >= 15 is 0 Å². The number of ether oxygens (including phenoxy) is 1. The molecule has 0 aliphatic carbocycles. The molecule has 0 saturated heterocycles. The minimum Gasteiger partial charge on any atom is -0.481 e. The Balaban J connectivity index is 3.99. The molecule has 0 aromatic heterocycles. The molecule has 0 spiro atoms. The molecular weight excluding hydrogens is 376 g/mol. The van der Waals surface area contributed by atoms with Gasteiger partial charge in [-0.3, -0.25) is 9.59 Å². The summed E-state index contributed by atoms with van der Waals surface area (Å²) in [6.07, 6.45) is 23.8. The second-order valence-electron chi connectivity index (χ2n) is 8.52. The number of rotatable bonds is 22. The predicted octanol–water partition coefficient (Wildman–Crippen LogP) is 7.99. The van der Waals surface area contributed by atoms with Gasteiger partial charge in [-0.15, -0.1) is 0 Å². The van der Waals surface area contributed by atoms with Crippen LogP contribution in [-0.4, -0.2) is 23.1 Å². The second-order valence-corrected chi connectivity index (χ2v) is 8.52. The van der Waals surface area contributed by atoms with Crippen molar-refractivity contribution in [2.75, 3.05) is 0 Å². The largest absolute Gasteiger partial charge is 0.481 e. The average Bonchev–Trinajstić information content (AvgIpc) is 2.72. The molecule has 0 aromatic carbocycles. The summed E-state index contributed by atoms with van der Waals surface area (Å²) in [6, 6.07) is 0. The quantitative estimate of drug-likeness (QED) is 0.109. The summed E-state index contributed by atoms with van der Waals surface area (Å²) in [7, 11) is 0. The van der Waals surface area contributed by atoms with E-state index in [2.05, 4.69) is 26.0 Å². The fourth-order valence-corrected chi connectivity index (χ4v) is 3.55. The topological polar surface area (TPSA) is 63.6 Å². The number of unbranched alkanes of at least 4 members (excludes halogenated alkanes) is 13. The number of carboxylic acids is 1. The Kier molecular flexibility index (Phi) is 21.4. The smallest absolute Gasteiger partial charge is 0.306 e. The first-order chi connectivity index (χ1) is 14.6. The van der Waals surface area contributed by atoms with E-state index in [1.807, 2.05) is 0 Å². The zero-order chi connectivity index (χ0) is 22.3. The molecular formula is C26H48O4. The number of esters is 1. The molecule has 0 rings (SSSR count). The van der Waals surface area contributed by atoms with Crippen LogP contribution in [0.3, 0.4) is 0 Å². The second kappa shape index (κ2) is 22.4. The molecule has 176 valence electrons. The molecule has 0 radical (unpaired) electrons. The molecule has 0 heterocycles. The summed E-state index contributed by atoms with van der Waals surface area (Å²) in [6.45, 7) is 4.42. The van der Waals surface area contributed by atoms with Gasteiger partial charge in [0.25, 0.3) is 0 Å². The van der Waals surface area contributed by atoms with Crippen molar-refractivity contribution in [3.8, 4) is 0 Å². The van der Waals surface area contributed by atoms with E-state index in [4.69, 9.17) is 9.84 Å². The molecule has 30 heavy (non-hydrogen) atoms. The number of hydrogen-bond donors (Lipinski definition) is 1. The van der Waals surface area contributed by atoms with E-state index < -0.39 is 5.97 Å². The fourth-order valence-electron chi connectivity index (χ4n) is 3.55. The van der Waals surface area contributed by atoms with Crippen molar-refractivity contribution < 1.29 is 19.4 Å². The van der Waals surface area contributed by atoms with Gasteiger partial charge in [-0.25, -0.2) is 0 Å². The van der Waals surface area contributed by atoms with Crippen LogP contribution >= 0.6 is 0 Å². The van der Waals surface area contributed by atoms with Gasteiger partial charge in [-0.05, 0) is 38.2 Å². The highest BCUT2D eigenvalue weighted by molar-refractivity contribution is 5.69. The van der Waals surface area contributed by atoms with E-state index in [1.165, 1.54) is 44.9 Å². The van der Waals surface area contributed by atoms with Gasteiger partial charge in [0.2, 0.25) is 0 Å². The molecule has 0 amide bonds. The van der Waals surface area contributed by atoms with Crippen LogP contribution in [0.15, 0.2) is 12.2 Å². The van der Waals surface area contributed by atoms with Crippen molar-refractivity contribution in [3.63, 3.8) is 0 Å².